The van der Waals surface area contributed by atoms with Crippen LogP contribution >= 0.6 is 23.2 Å². The van der Waals surface area contributed by atoms with Crippen molar-refractivity contribution in [1.29, 1.82) is 0 Å². The van der Waals surface area contributed by atoms with Gasteiger partial charge in [0, 0.05) is 11.8 Å². The summed E-state index contributed by atoms with van der Waals surface area (Å²) in [4.78, 5) is 0. The predicted octanol–water partition coefficient (Wildman–Crippen LogP) is -1.54. The quantitative estimate of drug-likeness (QED) is 0.347. The summed E-state index contributed by atoms with van der Waals surface area (Å²) in [6, 6.07) is 21.4. The van der Waals surface area contributed by atoms with Crippen molar-refractivity contribution in [3.63, 3.8) is 0 Å². The van der Waals surface area contributed by atoms with Crippen LogP contribution in [0.2, 0.25) is 0 Å². The van der Waals surface area contributed by atoms with Gasteiger partial charge < -0.3 is 12.4 Å². The van der Waals surface area contributed by atoms with E-state index in [-0.39, 0.29) is 50.7 Å². The molecule has 19 heavy (non-hydrogen) atoms. The van der Waals surface area contributed by atoms with Crippen molar-refractivity contribution < 1.29 is 50.7 Å². The molecule has 5 heteroatoms. The van der Waals surface area contributed by atoms with E-state index >= 15 is 0 Å². The zero-order valence-electron chi connectivity index (χ0n) is 10.9. The van der Waals surface area contributed by atoms with Gasteiger partial charge in [0.15, 0.2) is 0 Å². The summed E-state index contributed by atoms with van der Waals surface area (Å²) in [6.45, 7) is 0. The predicted molar refractivity (Wildman–Crippen MR) is 69.7 cm³/mol. The van der Waals surface area contributed by atoms with Gasteiger partial charge in [0.05, 0.1) is 0 Å². The van der Waals surface area contributed by atoms with Crippen molar-refractivity contribution in [3.05, 3.63) is 71.8 Å². The molecule has 0 saturated heterocycles. The second-order valence-corrected chi connectivity index (χ2v) is 3.58. The Morgan fingerprint density at radius 2 is 1.16 bits per heavy atom. The minimum atomic E-state index is 0. The topological polar surface area (TPSA) is 0 Å². The van der Waals surface area contributed by atoms with Crippen LogP contribution in [0.3, 0.4) is 0 Å². The van der Waals surface area contributed by atoms with E-state index in [9.17, 15) is 0 Å². The van der Waals surface area contributed by atoms with Gasteiger partial charge in [-0.15, -0.1) is 34.3 Å². The molecular weight excluding hydrogens is 347 g/mol. The smallest absolute Gasteiger partial charge is 1.00 e. The molecule has 0 spiro atoms. The largest absolute Gasteiger partial charge is 2.00 e. The Balaban J connectivity index is -0.000000233. The second kappa shape index (κ2) is 16.6. The van der Waals surface area contributed by atoms with Crippen molar-refractivity contribution >= 4 is 23.2 Å². The van der Waals surface area contributed by atoms with Crippen LogP contribution in [0, 0.1) is 12.1 Å². The summed E-state index contributed by atoms with van der Waals surface area (Å²) in [5.41, 5.74) is 2.10. The average molecular weight is 359 g/mol. The first-order valence-corrected chi connectivity index (χ1v) is 5.97. The molecule has 0 N–H and O–H groups in total. The molecule has 0 saturated carbocycles. The molecule has 0 fully saturated rings. The first kappa shape index (κ1) is 24.5. The van der Waals surface area contributed by atoms with Crippen molar-refractivity contribution in [2.24, 2.45) is 0 Å². The van der Waals surface area contributed by atoms with E-state index in [1.54, 1.807) is 0 Å². The minimum Gasteiger partial charge on any atom is -1.00 e. The molecule has 0 aliphatic heterocycles. The molecule has 0 aliphatic rings. The van der Waals surface area contributed by atoms with Crippen molar-refractivity contribution in [2.75, 3.05) is 0 Å². The van der Waals surface area contributed by atoms with Gasteiger partial charge in [-0.3, -0.25) is 0 Å². The molecule has 0 aromatic heterocycles. The molecule has 0 radical (unpaired) electrons. The number of alkyl halides is 2. The number of rotatable bonds is 2. The monoisotopic (exact) mass is 356 g/mol. The molecular formula is C14H12Cl3LiZn. The summed E-state index contributed by atoms with van der Waals surface area (Å²) in [6.07, 6.45) is 0. The Kier molecular flexibility index (Phi) is 21.4. The molecule has 92 valence electrons. The van der Waals surface area contributed by atoms with E-state index in [0.29, 0.717) is 11.8 Å². The first-order valence-electron chi connectivity index (χ1n) is 4.90. The minimum absolute atomic E-state index is 0. The van der Waals surface area contributed by atoms with Crippen LogP contribution in [-0.2, 0) is 31.2 Å². The van der Waals surface area contributed by atoms with E-state index in [1.807, 2.05) is 48.5 Å². The fourth-order valence-electron chi connectivity index (χ4n) is 1.03. The van der Waals surface area contributed by atoms with Gasteiger partial charge in [-0.05, 0) is 0 Å². The standard InChI is InChI=1S/2C7H6Cl.ClH.Li.Zn/c2*8-6-7-4-2-1-3-5-7;;;/h2*1-4H,6H2;1H;;/q2*-1;;+1;+2/p-1. The van der Waals surface area contributed by atoms with Gasteiger partial charge in [-0.1, -0.05) is 0 Å². The van der Waals surface area contributed by atoms with Gasteiger partial charge in [-0.2, -0.15) is 60.7 Å². The Bertz CT molecular complexity index is 345. The van der Waals surface area contributed by atoms with Crippen molar-refractivity contribution in [1.82, 2.24) is 0 Å². The van der Waals surface area contributed by atoms with E-state index in [1.165, 1.54) is 0 Å². The zero-order chi connectivity index (χ0) is 11.6. The van der Waals surface area contributed by atoms with Crippen LogP contribution in [0.15, 0.2) is 48.5 Å². The van der Waals surface area contributed by atoms with Crippen LogP contribution in [0.25, 0.3) is 0 Å². The summed E-state index contributed by atoms with van der Waals surface area (Å²) >= 11 is 11.0. The molecule has 2 rings (SSSR count). The summed E-state index contributed by atoms with van der Waals surface area (Å²) < 4.78 is 0. The summed E-state index contributed by atoms with van der Waals surface area (Å²) in [7, 11) is 0. The van der Waals surface area contributed by atoms with E-state index in [4.69, 9.17) is 23.2 Å². The maximum Gasteiger partial charge on any atom is 2.00 e. The number of hydrogen-bond donors (Lipinski definition) is 0. The maximum absolute atomic E-state index is 5.50. The fraction of sp³-hybridized carbons (Fsp3) is 0.143. The SMILES string of the molecule is ClCc1[c-]cccc1.ClCc1[c-]cccc1.[Cl-].[Li+].[Zn+2]. The third kappa shape index (κ3) is 12.0. The fourth-order valence-corrected chi connectivity index (χ4v) is 1.36. The summed E-state index contributed by atoms with van der Waals surface area (Å²) in [5.74, 6) is 1.11. The van der Waals surface area contributed by atoms with Gasteiger partial charge >= 0.3 is 38.3 Å². The van der Waals surface area contributed by atoms with Crippen LogP contribution in [0.5, 0.6) is 0 Å². The third-order valence-electron chi connectivity index (χ3n) is 1.83. The Morgan fingerprint density at radius 3 is 1.32 bits per heavy atom. The molecule has 0 unspecified atom stereocenters. The molecule has 0 bridgehead atoms. The van der Waals surface area contributed by atoms with E-state index < -0.39 is 0 Å². The van der Waals surface area contributed by atoms with Gasteiger partial charge in [-0.25, -0.2) is 0 Å². The van der Waals surface area contributed by atoms with Crippen LogP contribution in [0.4, 0.5) is 0 Å². The molecule has 2 aromatic rings. The normalized spacial score (nSPS) is 7.68. The Labute approximate surface area is 156 Å². The molecule has 2 aromatic carbocycles. The Morgan fingerprint density at radius 1 is 0.789 bits per heavy atom. The van der Waals surface area contributed by atoms with E-state index in [0.717, 1.165) is 11.1 Å². The van der Waals surface area contributed by atoms with Crippen LogP contribution in [0.1, 0.15) is 11.1 Å². The zero-order valence-corrected chi connectivity index (χ0v) is 16.1. The first-order chi connectivity index (χ1) is 7.86. The second-order valence-electron chi connectivity index (χ2n) is 3.04. The van der Waals surface area contributed by atoms with Gasteiger partial charge in [0.25, 0.3) is 0 Å². The summed E-state index contributed by atoms with van der Waals surface area (Å²) in [5, 5.41) is 0. The molecule has 0 aliphatic carbocycles. The van der Waals surface area contributed by atoms with Crippen LogP contribution in [-0.4, -0.2) is 0 Å². The van der Waals surface area contributed by atoms with Crippen molar-refractivity contribution in [2.45, 2.75) is 11.8 Å². The number of benzene rings is 2. The van der Waals surface area contributed by atoms with Crippen LogP contribution < -0.4 is 31.3 Å². The molecule has 0 atom stereocenters. The van der Waals surface area contributed by atoms with Gasteiger partial charge in [0.2, 0.25) is 0 Å². The molecule has 0 amide bonds. The van der Waals surface area contributed by atoms with Gasteiger partial charge in [0.1, 0.15) is 0 Å². The van der Waals surface area contributed by atoms with E-state index in [2.05, 4.69) is 12.1 Å². The van der Waals surface area contributed by atoms with Crippen molar-refractivity contribution in [3.8, 4) is 0 Å². The number of halogens is 3. The molecule has 0 heterocycles. The molecule has 0 nitrogen and oxygen atoms in total. The average Bonchev–Trinajstić information content (AvgIpc) is 2.41. The Hall–Kier alpha value is 0.531. The maximum atomic E-state index is 5.50. The number of hydrogen-bond acceptors (Lipinski definition) is 0. The third-order valence-corrected chi connectivity index (χ3v) is 2.41.